The molecule has 3 aromatic rings. The van der Waals surface area contributed by atoms with Gasteiger partial charge in [-0.25, -0.2) is 4.98 Å². The van der Waals surface area contributed by atoms with Crippen molar-refractivity contribution in [3.63, 3.8) is 0 Å². The first kappa shape index (κ1) is 17.1. The van der Waals surface area contributed by atoms with Crippen LogP contribution in [-0.2, 0) is 17.6 Å². The minimum Gasteiger partial charge on any atom is -0.481 e. The largest absolute Gasteiger partial charge is 0.481 e. The maximum Gasteiger partial charge on any atom is 0.226 e. The van der Waals surface area contributed by atoms with E-state index in [2.05, 4.69) is 26.7 Å². The number of hydrogen-bond acceptors (Lipinski definition) is 5. The predicted molar refractivity (Wildman–Crippen MR) is 97.6 cm³/mol. The molecule has 0 unspecified atom stereocenters. The molecule has 3 rings (SSSR count). The fourth-order valence-corrected chi connectivity index (χ4v) is 3.32. The number of thiophene rings is 1. The van der Waals surface area contributed by atoms with Crippen molar-refractivity contribution in [3.05, 3.63) is 76.4 Å². The predicted octanol–water partition coefficient (Wildman–Crippen LogP) is 3.19. The Morgan fingerprint density at radius 2 is 2.08 bits per heavy atom. The van der Waals surface area contributed by atoms with Crippen LogP contribution >= 0.6 is 11.3 Å². The Bertz CT molecular complexity index is 807. The first-order valence-corrected chi connectivity index (χ1v) is 8.90. The zero-order chi connectivity index (χ0) is 17.5. The number of ether oxygens (including phenoxy) is 1. The van der Waals surface area contributed by atoms with E-state index in [1.54, 1.807) is 30.8 Å². The third-order valence-electron chi connectivity index (χ3n) is 3.79. The molecule has 1 amide bonds. The molecule has 0 radical (unpaired) electrons. The second kappa shape index (κ2) is 8.39. The van der Waals surface area contributed by atoms with Gasteiger partial charge < -0.3 is 10.1 Å². The molecule has 25 heavy (non-hydrogen) atoms. The van der Waals surface area contributed by atoms with E-state index in [9.17, 15) is 4.79 Å². The van der Waals surface area contributed by atoms with Gasteiger partial charge in [0, 0.05) is 23.7 Å². The normalized spacial score (nSPS) is 11.7. The maximum atomic E-state index is 12.5. The van der Waals surface area contributed by atoms with Crippen LogP contribution in [0.5, 0.6) is 5.88 Å². The molecule has 3 heterocycles. The monoisotopic (exact) mass is 353 g/mol. The highest BCUT2D eigenvalue weighted by Crippen LogP contribution is 2.26. The lowest BCUT2D eigenvalue weighted by atomic mass is 10.0. The molecule has 128 valence electrons. The van der Waals surface area contributed by atoms with Gasteiger partial charge in [0.15, 0.2) is 0 Å². The number of carbonyl (C=O) groups is 1. The Labute approximate surface area is 150 Å². The molecule has 0 aliphatic carbocycles. The summed E-state index contributed by atoms with van der Waals surface area (Å²) in [4.78, 5) is 21.0. The van der Waals surface area contributed by atoms with E-state index in [-0.39, 0.29) is 18.4 Å². The Morgan fingerprint density at radius 1 is 1.20 bits per heavy atom. The van der Waals surface area contributed by atoms with Crippen LogP contribution in [0.3, 0.4) is 0 Å². The van der Waals surface area contributed by atoms with Gasteiger partial charge in [-0.1, -0.05) is 12.1 Å². The zero-order valence-electron chi connectivity index (χ0n) is 13.9. The average molecular weight is 353 g/mol. The molecule has 1 N–H and O–H groups in total. The number of rotatable bonds is 7. The Hall–Kier alpha value is -2.73. The van der Waals surface area contributed by atoms with E-state index in [0.29, 0.717) is 12.3 Å². The highest BCUT2D eigenvalue weighted by atomic mass is 32.1. The topological polar surface area (TPSA) is 64.1 Å². The van der Waals surface area contributed by atoms with Gasteiger partial charge in [-0.05, 0) is 47.0 Å². The summed E-state index contributed by atoms with van der Waals surface area (Å²) in [5, 5.41) is 7.21. The van der Waals surface area contributed by atoms with Gasteiger partial charge in [0.1, 0.15) is 0 Å². The van der Waals surface area contributed by atoms with Gasteiger partial charge in [-0.15, -0.1) is 0 Å². The zero-order valence-corrected chi connectivity index (χ0v) is 14.7. The Kier molecular flexibility index (Phi) is 5.74. The molecule has 0 fully saturated rings. The van der Waals surface area contributed by atoms with Gasteiger partial charge in [0.2, 0.25) is 11.8 Å². The van der Waals surface area contributed by atoms with Gasteiger partial charge in [0.05, 0.1) is 19.6 Å². The quantitative estimate of drug-likeness (QED) is 0.708. The second-order valence-electron chi connectivity index (χ2n) is 5.56. The van der Waals surface area contributed by atoms with Crippen molar-refractivity contribution >= 4 is 17.2 Å². The van der Waals surface area contributed by atoms with Gasteiger partial charge in [-0.2, -0.15) is 11.3 Å². The van der Waals surface area contributed by atoms with Crippen molar-refractivity contribution < 1.29 is 9.53 Å². The van der Waals surface area contributed by atoms with Gasteiger partial charge in [-0.3, -0.25) is 9.78 Å². The van der Waals surface area contributed by atoms with E-state index in [1.165, 1.54) is 5.56 Å². The Morgan fingerprint density at radius 3 is 2.80 bits per heavy atom. The van der Waals surface area contributed by atoms with Crippen LogP contribution in [0.4, 0.5) is 0 Å². The number of nitrogens with zero attached hydrogens (tertiary/aromatic N) is 2. The van der Waals surface area contributed by atoms with E-state index < -0.39 is 0 Å². The lowest BCUT2D eigenvalue weighted by molar-refractivity contribution is -0.121. The van der Waals surface area contributed by atoms with E-state index in [1.807, 2.05) is 35.7 Å². The molecule has 0 bridgehead atoms. The third kappa shape index (κ3) is 4.64. The van der Waals surface area contributed by atoms with Gasteiger partial charge in [0.25, 0.3) is 0 Å². The summed E-state index contributed by atoms with van der Waals surface area (Å²) in [6, 6.07) is 11.2. The first-order chi connectivity index (χ1) is 12.3. The number of nitrogens with one attached hydrogen (secondary N) is 1. The number of methoxy groups -OCH3 is 1. The molecule has 0 spiro atoms. The molecule has 0 aromatic carbocycles. The molecule has 0 saturated carbocycles. The van der Waals surface area contributed by atoms with Crippen LogP contribution in [0.2, 0.25) is 0 Å². The molecular formula is C19H19N3O2S. The number of pyridine rings is 2. The van der Waals surface area contributed by atoms with Crippen LogP contribution in [0.1, 0.15) is 22.9 Å². The average Bonchev–Trinajstić information content (AvgIpc) is 3.15. The summed E-state index contributed by atoms with van der Waals surface area (Å²) in [5.74, 6) is 0.450. The van der Waals surface area contributed by atoms with Crippen molar-refractivity contribution in [1.29, 1.82) is 0 Å². The van der Waals surface area contributed by atoms with Crippen molar-refractivity contribution in [2.45, 2.75) is 18.9 Å². The Balaban J connectivity index is 1.79. The fraction of sp³-hybridized carbons (Fsp3) is 0.211. The highest BCUT2D eigenvalue weighted by molar-refractivity contribution is 7.07. The standard InChI is InChI=1S/C19H19N3O2S/c1-24-19-16(6-4-9-21-19)17(11-14-7-10-25-13-14)22-18(23)12-15-5-2-3-8-20-15/h2-10,13,17H,11-12H2,1H3,(H,22,23)/t17-/m1/s1. The molecule has 0 aliphatic heterocycles. The summed E-state index contributed by atoms with van der Waals surface area (Å²) in [6.45, 7) is 0. The minimum absolute atomic E-state index is 0.0789. The molecule has 0 saturated heterocycles. The summed E-state index contributed by atoms with van der Waals surface area (Å²) in [6.07, 6.45) is 4.29. The molecule has 1 atom stereocenters. The summed E-state index contributed by atoms with van der Waals surface area (Å²) < 4.78 is 5.37. The molecule has 6 heteroatoms. The lowest BCUT2D eigenvalue weighted by Gasteiger charge is -2.20. The third-order valence-corrected chi connectivity index (χ3v) is 4.52. The number of amides is 1. The lowest BCUT2D eigenvalue weighted by Crippen LogP contribution is -2.31. The van der Waals surface area contributed by atoms with Crippen molar-refractivity contribution in [1.82, 2.24) is 15.3 Å². The number of carbonyl (C=O) groups excluding carboxylic acids is 1. The number of aromatic nitrogens is 2. The molecular weight excluding hydrogens is 334 g/mol. The van der Waals surface area contributed by atoms with E-state index in [0.717, 1.165) is 11.3 Å². The van der Waals surface area contributed by atoms with Crippen LogP contribution in [0.25, 0.3) is 0 Å². The summed E-state index contributed by atoms with van der Waals surface area (Å²) in [7, 11) is 1.59. The van der Waals surface area contributed by atoms with Gasteiger partial charge >= 0.3 is 0 Å². The number of hydrogen-bond donors (Lipinski definition) is 1. The fourth-order valence-electron chi connectivity index (χ4n) is 2.63. The van der Waals surface area contributed by atoms with Crippen LogP contribution in [0, 0.1) is 0 Å². The SMILES string of the molecule is COc1ncccc1[C@@H](Cc1ccsc1)NC(=O)Cc1ccccn1. The van der Waals surface area contributed by atoms with Crippen LogP contribution < -0.4 is 10.1 Å². The highest BCUT2D eigenvalue weighted by Gasteiger charge is 2.20. The van der Waals surface area contributed by atoms with E-state index >= 15 is 0 Å². The van der Waals surface area contributed by atoms with Crippen molar-refractivity contribution in [2.75, 3.05) is 7.11 Å². The van der Waals surface area contributed by atoms with Crippen molar-refractivity contribution in [3.8, 4) is 5.88 Å². The first-order valence-electron chi connectivity index (χ1n) is 7.95. The van der Waals surface area contributed by atoms with Crippen LogP contribution in [0.15, 0.2) is 59.6 Å². The van der Waals surface area contributed by atoms with Crippen LogP contribution in [-0.4, -0.2) is 23.0 Å². The van der Waals surface area contributed by atoms with E-state index in [4.69, 9.17) is 4.74 Å². The van der Waals surface area contributed by atoms with Crippen molar-refractivity contribution in [2.24, 2.45) is 0 Å². The smallest absolute Gasteiger partial charge is 0.226 e. The molecule has 0 aliphatic rings. The second-order valence-corrected chi connectivity index (χ2v) is 6.34. The minimum atomic E-state index is -0.213. The summed E-state index contributed by atoms with van der Waals surface area (Å²) >= 11 is 1.64. The maximum absolute atomic E-state index is 12.5. The summed E-state index contributed by atoms with van der Waals surface area (Å²) in [5.41, 5.74) is 2.78. The molecule has 3 aromatic heterocycles. The molecule has 5 nitrogen and oxygen atoms in total.